The molecule has 1 aromatic carbocycles. The van der Waals surface area contributed by atoms with Crippen molar-refractivity contribution >= 4 is 15.9 Å². The summed E-state index contributed by atoms with van der Waals surface area (Å²) in [5.74, 6) is 2.03. The second-order valence-corrected chi connectivity index (χ2v) is 6.42. The van der Waals surface area contributed by atoms with Crippen LogP contribution in [0.2, 0.25) is 0 Å². The summed E-state index contributed by atoms with van der Waals surface area (Å²) in [4.78, 5) is 0. The molecule has 0 radical (unpaired) electrons. The van der Waals surface area contributed by atoms with E-state index in [9.17, 15) is 0 Å². The number of hydrogen-bond acceptors (Lipinski definition) is 4. The third-order valence-corrected chi connectivity index (χ3v) is 4.14. The van der Waals surface area contributed by atoms with E-state index >= 15 is 0 Å². The standard InChI is InChI=1S/C16H24BrNO3/c1-12(11-19)4-2-5-18-10-13-8-14(17)16-15(9-13)20-6-3-7-21-16/h8-9,12,18-19H,2-7,10-11H2,1H3. The second kappa shape index (κ2) is 8.61. The lowest BCUT2D eigenvalue weighted by Gasteiger charge is -2.13. The lowest BCUT2D eigenvalue weighted by molar-refractivity contribution is 0.228. The topological polar surface area (TPSA) is 50.7 Å². The third-order valence-electron chi connectivity index (χ3n) is 3.55. The number of nitrogens with one attached hydrogen (secondary N) is 1. The van der Waals surface area contributed by atoms with E-state index < -0.39 is 0 Å². The van der Waals surface area contributed by atoms with E-state index in [1.165, 1.54) is 5.56 Å². The molecule has 0 saturated heterocycles. The Balaban J connectivity index is 1.84. The quantitative estimate of drug-likeness (QED) is 0.736. The van der Waals surface area contributed by atoms with Crippen LogP contribution in [0.15, 0.2) is 16.6 Å². The maximum absolute atomic E-state index is 8.98. The fourth-order valence-electron chi connectivity index (χ4n) is 2.29. The number of rotatable bonds is 7. The van der Waals surface area contributed by atoms with Gasteiger partial charge in [-0.15, -0.1) is 0 Å². The Hall–Kier alpha value is -0.780. The number of hydrogen-bond donors (Lipinski definition) is 2. The van der Waals surface area contributed by atoms with Crippen LogP contribution in [-0.2, 0) is 6.54 Å². The molecule has 1 atom stereocenters. The number of halogens is 1. The molecule has 4 nitrogen and oxygen atoms in total. The predicted molar refractivity (Wildman–Crippen MR) is 86.9 cm³/mol. The molecule has 1 unspecified atom stereocenters. The SMILES string of the molecule is CC(CO)CCCNCc1cc(Br)c2c(c1)OCCCO2. The Morgan fingerprint density at radius 1 is 1.33 bits per heavy atom. The van der Waals surface area contributed by atoms with E-state index in [2.05, 4.69) is 40.3 Å². The van der Waals surface area contributed by atoms with Gasteiger partial charge in [0.1, 0.15) is 0 Å². The first-order valence-corrected chi connectivity index (χ1v) is 8.39. The summed E-state index contributed by atoms with van der Waals surface area (Å²) in [6.07, 6.45) is 3.04. The maximum Gasteiger partial charge on any atom is 0.175 e. The molecular weight excluding hydrogens is 334 g/mol. The van der Waals surface area contributed by atoms with Crippen LogP contribution in [0.3, 0.4) is 0 Å². The Bertz CT molecular complexity index is 453. The molecule has 2 rings (SSSR count). The van der Waals surface area contributed by atoms with Crippen molar-refractivity contribution in [1.29, 1.82) is 0 Å². The van der Waals surface area contributed by atoms with Gasteiger partial charge in [-0.3, -0.25) is 0 Å². The zero-order valence-electron chi connectivity index (χ0n) is 12.5. The highest BCUT2D eigenvalue weighted by Crippen LogP contribution is 2.38. The lowest BCUT2D eigenvalue weighted by atomic mass is 10.1. The first-order chi connectivity index (χ1) is 10.2. The monoisotopic (exact) mass is 357 g/mol. The number of fused-ring (bicyclic) bond motifs is 1. The van der Waals surface area contributed by atoms with Crippen molar-refractivity contribution in [1.82, 2.24) is 5.32 Å². The molecule has 1 heterocycles. The van der Waals surface area contributed by atoms with Gasteiger partial charge in [0.15, 0.2) is 11.5 Å². The summed E-state index contributed by atoms with van der Waals surface area (Å²) >= 11 is 3.56. The lowest BCUT2D eigenvalue weighted by Crippen LogP contribution is -2.16. The van der Waals surface area contributed by atoms with Gasteiger partial charge in [-0.05, 0) is 58.9 Å². The van der Waals surface area contributed by atoms with E-state index in [1.807, 2.05) is 0 Å². The molecule has 118 valence electrons. The summed E-state index contributed by atoms with van der Waals surface area (Å²) < 4.78 is 12.4. The van der Waals surface area contributed by atoms with Crippen molar-refractivity contribution in [2.75, 3.05) is 26.4 Å². The number of aliphatic hydroxyl groups is 1. The van der Waals surface area contributed by atoms with Crippen molar-refractivity contribution < 1.29 is 14.6 Å². The highest BCUT2D eigenvalue weighted by Gasteiger charge is 2.15. The summed E-state index contributed by atoms with van der Waals surface area (Å²) in [5.41, 5.74) is 1.18. The van der Waals surface area contributed by atoms with Crippen LogP contribution in [0.4, 0.5) is 0 Å². The van der Waals surface area contributed by atoms with Crippen LogP contribution in [-0.4, -0.2) is 31.5 Å². The van der Waals surface area contributed by atoms with Crippen LogP contribution in [0.5, 0.6) is 11.5 Å². The smallest absolute Gasteiger partial charge is 0.175 e. The van der Waals surface area contributed by atoms with Gasteiger partial charge in [-0.25, -0.2) is 0 Å². The van der Waals surface area contributed by atoms with Gasteiger partial charge >= 0.3 is 0 Å². The number of ether oxygens (including phenoxy) is 2. The molecule has 1 aliphatic heterocycles. The normalized spacial score (nSPS) is 15.6. The first-order valence-electron chi connectivity index (χ1n) is 7.60. The zero-order chi connectivity index (χ0) is 15.1. The van der Waals surface area contributed by atoms with Gasteiger partial charge < -0.3 is 19.9 Å². The average molecular weight is 358 g/mol. The van der Waals surface area contributed by atoms with E-state index in [0.29, 0.717) is 19.1 Å². The molecule has 1 aromatic rings. The molecule has 0 aliphatic carbocycles. The van der Waals surface area contributed by atoms with Crippen molar-refractivity contribution in [2.45, 2.75) is 32.7 Å². The molecule has 1 aliphatic rings. The highest BCUT2D eigenvalue weighted by molar-refractivity contribution is 9.10. The minimum absolute atomic E-state index is 0.273. The summed E-state index contributed by atoms with van der Waals surface area (Å²) in [5, 5.41) is 12.4. The van der Waals surface area contributed by atoms with Crippen molar-refractivity contribution in [3.63, 3.8) is 0 Å². The van der Waals surface area contributed by atoms with Gasteiger partial charge in [0.2, 0.25) is 0 Å². The molecule has 0 amide bonds. The Morgan fingerprint density at radius 2 is 2.14 bits per heavy atom. The van der Waals surface area contributed by atoms with Crippen molar-refractivity contribution in [3.05, 3.63) is 22.2 Å². The van der Waals surface area contributed by atoms with Gasteiger partial charge in [0, 0.05) is 19.6 Å². The van der Waals surface area contributed by atoms with Crippen molar-refractivity contribution in [3.8, 4) is 11.5 Å². The van der Waals surface area contributed by atoms with E-state index in [1.54, 1.807) is 0 Å². The maximum atomic E-state index is 8.98. The molecule has 21 heavy (non-hydrogen) atoms. The van der Waals surface area contributed by atoms with Crippen LogP contribution < -0.4 is 14.8 Å². The van der Waals surface area contributed by atoms with E-state index in [-0.39, 0.29) is 6.61 Å². The molecular formula is C16H24BrNO3. The molecule has 5 heteroatoms. The fourth-order valence-corrected chi connectivity index (χ4v) is 2.89. The van der Waals surface area contributed by atoms with Gasteiger partial charge in [-0.2, -0.15) is 0 Å². The predicted octanol–water partition coefficient (Wildman–Crippen LogP) is 3.11. The van der Waals surface area contributed by atoms with Crippen LogP contribution in [0.1, 0.15) is 31.7 Å². The summed E-state index contributed by atoms with van der Waals surface area (Å²) in [6, 6.07) is 4.13. The Morgan fingerprint density at radius 3 is 2.95 bits per heavy atom. The van der Waals surface area contributed by atoms with E-state index in [4.69, 9.17) is 14.6 Å². The van der Waals surface area contributed by atoms with Gasteiger partial charge in [0.05, 0.1) is 17.7 Å². The van der Waals surface area contributed by atoms with Gasteiger partial charge in [0.25, 0.3) is 0 Å². The molecule has 0 saturated carbocycles. The molecule has 0 fully saturated rings. The molecule has 2 N–H and O–H groups in total. The summed E-state index contributed by atoms with van der Waals surface area (Å²) in [7, 11) is 0. The van der Waals surface area contributed by atoms with Crippen LogP contribution >= 0.6 is 15.9 Å². The molecule has 0 spiro atoms. The number of benzene rings is 1. The Labute approximate surface area is 135 Å². The summed E-state index contributed by atoms with van der Waals surface area (Å²) in [6.45, 7) is 5.51. The van der Waals surface area contributed by atoms with Crippen molar-refractivity contribution in [2.24, 2.45) is 5.92 Å². The highest BCUT2D eigenvalue weighted by atomic mass is 79.9. The second-order valence-electron chi connectivity index (χ2n) is 5.56. The zero-order valence-corrected chi connectivity index (χ0v) is 14.1. The Kier molecular flexibility index (Phi) is 6.80. The minimum Gasteiger partial charge on any atom is -0.490 e. The van der Waals surface area contributed by atoms with E-state index in [0.717, 1.165) is 48.3 Å². The number of aliphatic hydroxyl groups excluding tert-OH is 1. The first kappa shape index (κ1) is 16.6. The molecule has 0 aromatic heterocycles. The fraction of sp³-hybridized carbons (Fsp3) is 0.625. The van der Waals surface area contributed by atoms with Gasteiger partial charge in [-0.1, -0.05) is 6.92 Å². The van der Waals surface area contributed by atoms with Crippen LogP contribution in [0.25, 0.3) is 0 Å². The van der Waals surface area contributed by atoms with Crippen LogP contribution in [0, 0.1) is 5.92 Å². The average Bonchev–Trinajstić information content (AvgIpc) is 2.72. The minimum atomic E-state index is 0.273. The largest absolute Gasteiger partial charge is 0.490 e. The third kappa shape index (κ3) is 5.16. The molecule has 0 bridgehead atoms.